The van der Waals surface area contributed by atoms with Crippen molar-refractivity contribution in [3.05, 3.63) is 29.8 Å². The molecule has 1 aromatic carbocycles. The molecule has 1 unspecified atom stereocenters. The van der Waals surface area contributed by atoms with Gasteiger partial charge in [0.15, 0.2) is 0 Å². The molecule has 0 bridgehead atoms. The fraction of sp³-hybridized carbons (Fsp3) is 0.588. The van der Waals surface area contributed by atoms with Crippen LogP contribution in [0.25, 0.3) is 0 Å². The average molecular weight is 329 g/mol. The number of carbonyl (C=O) groups excluding carboxylic acids is 1. The maximum atomic E-state index is 12.5. The van der Waals surface area contributed by atoms with Gasteiger partial charge in [-0.2, -0.15) is 13.2 Å². The lowest BCUT2D eigenvalue weighted by atomic mass is 10.1. The van der Waals surface area contributed by atoms with E-state index in [0.717, 1.165) is 38.1 Å². The number of rotatable bonds is 6. The van der Waals surface area contributed by atoms with E-state index in [4.69, 9.17) is 4.74 Å². The highest BCUT2D eigenvalue weighted by Crippen LogP contribution is 2.30. The lowest BCUT2D eigenvalue weighted by molar-refractivity contribution is -0.137. The number of ether oxygens (including phenoxy) is 1. The minimum absolute atomic E-state index is 0.0184. The number of hydrogen-bond acceptors (Lipinski definition) is 3. The van der Waals surface area contributed by atoms with Crippen LogP contribution in [0, 0.1) is 0 Å². The molecule has 0 N–H and O–H groups in total. The summed E-state index contributed by atoms with van der Waals surface area (Å²) in [6.45, 7) is 3.74. The minimum Gasteiger partial charge on any atom is -0.492 e. The summed E-state index contributed by atoms with van der Waals surface area (Å²) >= 11 is 0. The van der Waals surface area contributed by atoms with Gasteiger partial charge in [0.1, 0.15) is 18.1 Å². The van der Waals surface area contributed by atoms with Gasteiger partial charge in [0.25, 0.3) is 0 Å². The van der Waals surface area contributed by atoms with Crippen molar-refractivity contribution in [2.45, 2.75) is 44.8 Å². The predicted octanol–water partition coefficient (Wildman–Crippen LogP) is 3.92. The molecule has 0 spiro atoms. The van der Waals surface area contributed by atoms with Crippen LogP contribution in [0.15, 0.2) is 24.3 Å². The molecule has 3 nitrogen and oxygen atoms in total. The Labute approximate surface area is 134 Å². The fourth-order valence-electron chi connectivity index (χ4n) is 2.84. The first-order valence-electron chi connectivity index (χ1n) is 7.90. The third-order valence-electron chi connectivity index (χ3n) is 4.05. The second-order valence-corrected chi connectivity index (χ2v) is 5.99. The number of nitrogens with zero attached hydrogens (tertiary/aromatic N) is 1. The van der Waals surface area contributed by atoms with Crippen LogP contribution >= 0.6 is 0 Å². The van der Waals surface area contributed by atoms with Crippen molar-refractivity contribution in [2.24, 2.45) is 0 Å². The molecule has 1 atom stereocenters. The van der Waals surface area contributed by atoms with Crippen LogP contribution in [0.1, 0.15) is 38.2 Å². The number of hydrogen-bond donors (Lipinski definition) is 0. The Balaban J connectivity index is 1.95. The van der Waals surface area contributed by atoms with Crippen LogP contribution in [-0.2, 0) is 11.0 Å². The summed E-state index contributed by atoms with van der Waals surface area (Å²) in [4.78, 5) is 13.7. The van der Waals surface area contributed by atoms with Gasteiger partial charge in [-0.25, -0.2) is 0 Å². The Hall–Kier alpha value is -1.56. The molecule has 0 amide bonds. The lowest BCUT2D eigenvalue weighted by Crippen LogP contribution is -2.43. The smallest absolute Gasteiger partial charge is 0.416 e. The largest absolute Gasteiger partial charge is 0.492 e. The van der Waals surface area contributed by atoms with Gasteiger partial charge >= 0.3 is 6.18 Å². The zero-order valence-corrected chi connectivity index (χ0v) is 13.2. The second kappa shape index (κ2) is 7.81. The molecule has 0 aromatic heterocycles. The first kappa shape index (κ1) is 17.8. The van der Waals surface area contributed by atoms with Gasteiger partial charge in [-0.15, -0.1) is 0 Å². The van der Waals surface area contributed by atoms with Gasteiger partial charge in [0.2, 0.25) is 0 Å². The molecule has 0 aliphatic carbocycles. The molecule has 1 saturated heterocycles. The summed E-state index contributed by atoms with van der Waals surface area (Å²) in [5.74, 6) is 0.486. The number of carbonyl (C=O) groups is 1. The Kier molecular flexibility index (Phi) is 6.04. The van der Waals surface area contributed by atoms with Crippen LogP contribution in [0.3, 0.4) is 0 Å². The molecule has 1 fully saturated rings. The molecule has 128 valence electrons. The topological polar surface area (TPSA) is 29.5 Å². The van der Waals surface area contributed by atoms with E-state index in [0.29, 0.717) is 18.8 Å². The quantitative estimate of drug-likeness (QED) is 0.792. The van der Waals surface area contributed by atoms with Gasteiger partial charge in [0.05, 0.1) is 11.6 Å². The van der Waals surface area contributed by atoms with Crippen LogP contribution in [0.4, 0.5) is 13.2 Å². The van der Waals surface area contributed by atoms with E-state index < -0.39 is 11.7 Å². The first-order chi connectivity index (χ1) is 10.9. The van der Waals surface area contributed by atoms with Gasteiger partial charge < -0.3 is 4.74 Å². The van der Waals surface area contributed by atoms with Gasteiger partial charge in [-0.1, -0.05) is 6.42 Å². The molecule has 6 heteroatoms. The maximum Gasteiger partial charge on any atom is 0.416 e. The molecule has 23 heavy (non-hydrogen) atoms. The van der Waals surface area contributed by atoms with Gasteiger partial charge in [0, 0.05) is 6.42 Å². The number of halogens is 3. The zero-order valence-electron chi connectivity index (χ0n) is 13.2. The molecular formula is C17H22F3NO2. The number of ketones is 1. The predicted molar refractivity (Wildman–Crippen MR) is 81.4 cm³/mol. The molecule has 1 aromatic rings. The summed E-state index contributed by atoms with van der Waals surface area (Å²) in [7, 11) is 0. The first-order valence-corrected chi connectivity index (χ1v) is 7.90. The average Bonchev–Trinajstić information content (AvgIpc) is 2.51. The van der Waals surface area contributed by atoms with E-state index in [1.807, 2.05) is 0 Å². The highest BCUT2D eigenvalue weighted by molar-refractivity contribution is 5.76. The molecule has 1 heterocycles. The normalized spacial score (nSPS) is 17.7. The highest BCUT2D eigenvalue weighted by atomic mass is 19.4. The number of likely N-dealkylation sites (tertiary alicyclic amines) is 1. The van der Waals surface area contributed by atoms with E-state index in [1.54, 1.807) is 6.92 Å². The summed E-state index contributed by atoms with van der Waals surface area (Å²) in [5.41, 5.74) is -0.693. The third kappa shape index (κ3) is 5.53. The van der Waals surface area contributed by atoms with E-state index >= 15 is 0 Å². The lowest BCUT2D eigenvalue weighted by Gasteiger charge is -2.34. The summed E-state index contributed by atoms with van der Waals surface area (Å²) in [6, 6.07) is 4.65. The van der Waals surface area contributed by atoms with E-state index in [1.165, 1.54) is 18.6 Å². The van der Waals surface area contributed by atoms with Gasteiger partial charge in [-0.3, -0.25) is 9.69 Å². The van der Waals surface area contributed by atoms with Crippen molar-refractivity contribution in [2.75, 3.05) is 19.7 Å². The van der Waals surface area contributed by atoms with Crippen molar-refractivity contribution >= 4 is 5.78 Å². The monoisotopic (exact) mass is 329 g/mol. The Morgan fingerprint density at radius 2 is 1.78 bits per heavy atom. The molecule has 0 radical (unpaired) electrons. The van der Waals surface area contributed by atoms with Crippen molar-refractivity contribution in [3.8, 4) is 5.75 Å². The Morgan fingerprint density at radius 1 is 1.17 bits per heavy atom. The summed E-state index contributed by atoms with van der Waals surface area (Å²) in [5, 5.41) is 0. The molecule has 0 saturated carbocycles. The standard InChI is InChI=1S/C17H22F3NO2/c1-13(22)11-15(21-9-3-2-4-10-21)12-23-16-7-5-14(6-8-16)17(18,19)20/h5-8,15H,2-4,9-12H2,1H3. The minimum atomic E-state index is -4.34. The maximum absolute atomic E-state index is 12.5. The zero-order chi connectivity index (χ0) is 16.9. The number of piperidine rings is 1. The number of alkyl halides is 3. The van der Waals surface area contributed by atoms with E-state index in [9.17, 15) is 18.0 Å². The molecule has 1 aliphatic heterocycles. The summed E-state index contributed by atoms with van der Waals surface area (Å²) in [6.07, 6.45) is -0.531. The number of Topliss-reactive ketones (excluding diaryl/α,β-unsaturated/α-hetero) is 1. The van der Waals surface area contributed by atoms with Crippen LogP contribution in [0.2, 0.25) is 0 Å². The van der Waals surface area contributed by atoms with Gasteiger partial charge in [-0.05, 0) is 57.1 Å². The third-order valence-corrected chi connectivity index (χ3v) is 4.05. The highest BCUT2D eigenvalue weighted by Gasteiger charge is 2.30. The SMILES string of the molecule is CC(=O)CC(COc1ccc(C(F)(F)F)cc1)N1CCCCC1. The second-order valence-electron chi connectivity index (χ2n) is 5.99. The Morgan fingerprint density at radius 3 is 2.30 bits per heavy atom. The Bertz CT molecular complexity index is 508. The van der Waals surface area contributed by atoms with E-state index in [2.05, 4.69) is 4.90 Å². The van der Waals surface area contributed by atoms with Crippen LogP contribution < -0.4 is 4.74 Å². The van der Waals surface area contributed by atoms with Crippen molar-refractivity contribution in [1.29, 1.82) is 0 Å². The molecule has 2 rings (SSSR count). The summed E-state index contributed by atoms with van der Waals surface area (Å²) < 4.78 is 43.2. The van der Waals surface area contributed by atoms with Crippen molar-refractivity contribution in [1.82, 2.24) is 4.90 Å². The van der Waals surface area contributed by atoms with Crippen LogP contribution in [0.5, 0.6) is 5.75 Å². The number of benzene rings is 1. The van der Waals surface area contributed by atoms with Crippen LogP contribution in [-0.4, -0.2) is 36.4 Å². The van der Waals surface area contributed by atoms with E-state index in [-0.39, 0.29) is 11.8 Å². The molecular weight excluding hydrogens is 307 g/mol. The molecule has 1 aliphatic rings. The van der Waals surface area contributed by atoms with Crippen molar-refractivity contribution in [3.63, 3.8) is 0 Å². The fourth-order valence-corrected chi connectivity index (χ4v) is 2.84. The van der Waals surface area contributed by atoms with Crippen molar-refractivity contribution < 1.29 is 22.7 Å².